The van der Waals surface area contributed by atoms with Gasteiger partial charge in [-0.2, -0.15) is 0 Å². The van der Waals surface area contributed by atoms with E-state index in [1.54, 1.807) is 0 Å². The quantitative estimate of drug-likeness (QED) is 0.780. The van der Waals surface area contributed by atoms with Crippen LogP contribution in [0.3, 0.4) is 0 Å². The van der Waals surface area contributed by atoms with Crippen molar-refractivity contribution in [1.82, 2.24) is 9.88 Å². The molecule has 4 rings (SSSR count). The lowest BCUT2D eigenvalue weighted by atomic mass is 9.87. The van der Waals surface area contributed by atoms with Gasteiger partial charge in [0, 0.05) is 18.1 Å². The predicted octanol–water partition coefficient (Wildman–Crippen LogP) is 4.22. The summed E-state index contributed by atoms with van der Waals surface area (Å²) in [4.78, 5) is 17.4. The fourth-order valence-corrected chi connectivity index (χ4v) is 4.09. The fraction of sp³-hybridized carbons (Fsp3) is 0.318. The molecule has 0 aliphatic carbocycles. The van der Waals surface area contributed by atoms with E-state index in [0.29, 0.717) is 5.92 Å². The topological polar surface area (TPSA) is 36.1 Å². The molecule has 0 radical (unpaired) electrons. The van der Waals surface area contributed by atoms with Crippen LogP contribution in [0.2, 0.25) is 0 Å². The average Bonchev–Trinajstić information content (AvgIpc) is 2.65. The van der Waals surface area contributed by atoms with Crippen molar-refractivity contribution in [2.45, 2.75) is 32.2 Å². The van der Waals surface area contributed by atoms with Crippen LogP contribution in [0.4, 0.5) is 0 Å². The summed E-state index contributed by atoms with van der Waals surface area (Å²) in [7, 11) is 0. The monoisotopic (exact) mass is 332 g/mol. The first-order valence-corrected chi connectivity index (χ1v) is 9.09. The molecule has 25 heavy (non-hydrogen) atoms. The number of aromatic nitrogens is 1. The van der Waals surface area contributed by atoms with Crippen LogP contribution >= 0.6 is 0 Å². The van der Waals surface area contributed by atoms with Gasteiger partial charge in [-0.25, -0.2) is 0 Å². The van der Waals surface area contributed by atoms with Crippen molar-refractivity contribution < 1.29 is 0 Å². The number of likely N-dealkylation sites (tertiary alicyclic amines) is 1. The van der Waals surface area contributed by atoms with Gasteiger partial charge in [-0.05, 0) is 66.9 Å². The zero-order valence-corrected chi connectivity index (χ0v) is 14.7. The minimum atomic E-state index is -0.00221. The molecular weight excluding hydrogens is 308 g/mol. The molecule has 1 fully saturated rings. The van der Waals surface area contributed by atoms with E-state index >= 15 is 0 Å². The Morgan fingerprint density at radius 2 is 1.68 bits per heavy atom. The number of H-pyrrole nitrogens is 1. The smallest absolute Gasteiger partial charge is 0.255 e. The molecule has 0 spiro atoms. The molecule has 0 saturated carbocycles. The van der Waals surface area contributed by atoms with Gasteiger partial charge in [0.15, 0.2) is 0 Å². The molecule has 1 aliphatic rings. The number of aryl methyl sites for hydroxylation is 1. The zero-order valence-electron chi connectivity index (χ0n) is 14.7. The summed E-state index contributed by atoms with van der Waals surface area (Å²) in [5.74, 6) is 0.671. The number of hydrogen-bond acceptors (Lipinski definition) is 2. The van der Waals surface area contributed by atoms with Gasteiger partial charge in [0.05, 0.1) is 0 Å². The van der Waals surface area contributed by atoms with Crippen molar-refractivity contribution in [3.8, 4) is 0 Å². The van der Waals surface area contributed by atoms with Crippen LogP contribution < -0.4 is 5.56 Å². The summed E-state index contributed by atoms with van der Waals surface area (Å²) in [5.41, 5.74) is 4.13. The number of fused-ring (bicyclic) bond motifs is 1. The van der Waals surface area contributed by atoms with Gasteiger partial charge < -0.3 is 4.98 Å². The lowest BCUT2D eigenvalue weighted by molar-refractivity contribution is 0.205. The highest BCUT2D eigenvalue weighted by Gasteiger charge is 2.22. The van der Waals surface area contributed by atoms with Crippen LogP contribution in [0.15, 0.2) is 59.5 Å². The van der Waals surface area contributed by atoms with Gasteiger partial charge in [-0.1, -0.05) is 42.5 Å². The highest BCUT2D eigenvalue weighted by Crippen LogP contribution is 2.31. The van der Waals surface area contributed by atoms with Crippen molar-refractivity contribution >= 4 is 10.8 Å². The summed E-state index contributed by atoms with van der Waals surface area (Å²) in [6.45, 7) is 5.32. The SMILES string of the molecule is Cc1ccccc1C1CCN(Cc2c[nH]c(=O)c3ccccc23)CC1. The Kier molecular flexibility index (Phi) is 4.41. The summed E-state index contributed by atoms with van der Waals surface area (Å²) in [6.07, 6.45) is 4.29. The molecule has 1 aromatic heterocycles. The molecule has 0 bridgehead atoms. The summed E-state index contributed by atoms with van der Waals surface area (Å²) >= 11 is 0. The molecule has 3 aromatic rings. The maximum absolute atomic E-state index is 12.0. The minimum absolute atomic E-state index is 0.00221. The number of pyridine rings is 1. The highest BCUT2D eigenvalue weighted by atomic mass is 16.1. The Morgan fingerprint density at radius 1 is 1.00 bits per heavy atom. The third-order valence-corrected chi connectivity index (χ3v) is 5.50. The van der Waals surface area contributed by atoms with Gasteiger partial charge in [-0.15, -0.1) is 0 Å². The van der Waals surface area contributed by atoms with Gasteiger partial charge in [0.2, 0.25) is 0 Å². The van der Waals surface area contributed by atoms with Gasteiger partial charge >= 0.3 is 0 Å². The maximum atomic E-state index is 12.0. The number of nitrogens with one attached hydrogen (secondary N) is 1. The van der Waals surface area contributed by atoms with E-state index in [-0.39, 0.29) is 5.56 Å². The summed E-state index contributed by atoms with van der Waals surface area (Å²) in [6, 6.07) is 16.7. The molecule has 0 atom stereocenters. The molecule has 1 N–H and O–H groups in total. The first-order chi connectivity index (χ1) is 12.2. The molecule has 0 unspecified atom stereocenters. The average molecular weight is 332 g/mol. The van der Waals surface area contributed by atoms with Crippen LogP contribution in [0, 0.1) is 6.92 Å². The van der Waals surface area contributed by atoms with Crippen LogP contribution in [0.1, 0.15) is 35.4 Å². The molecule has 2 aromatic carbocycles. The first-order valence-electron chi connectivity index (χ1n) is 9.09. The number of hydrogen-bond donors (Lipinski definition) is 1. The molecule has 3 nitrogen and oxygen atoms in total. The van der Waals surface area contributed by atoms with E-state index in [9.17, 15) is 4.79 Å². The number of aromatic amines is 1. The molecule has 0 amide bonds. The number of nitrogens with zero attached hydrogens (tertiary/aromatic N) is 1. The first kappa shape index (κ1) is 16.1. The Labute approximate surface area is 148 Å². The van der Waals surface area contributed by atoms with Gasteiger partial charge in [0.25, 0.3) is 5.56 Å². The number of rotatable bonds is 3. The second-order valence-corrected chi connectivity index (χ2v) is 7.10. The van der Waals surface area contributed by atoms with E-state index in [1.807, 2.05) is 24.4 Å². The second-order valence-electron chi connectivity index (χ2n) is 7.10. The van der Waals surface area contributed by atoms with E-state index in [2.05, 4.69) is 47.1 Å². The van der Waals surface area contributed by atoms with Gasteiger partial charge in [0.1, 0.15) is 0 Å². The van der Waals surface area contributed by atoms with Gasteiger partial charge in [-0.3, -0.25) is 9.69 Å². The van der Waals surface area contributed by atoms with Crippen molar-refractivity contribution in [2.75, 3.05) is 13.1 Å². The van der Waals surface area contributed by atoms with E-state index < -0.39 is 0 Å². The second kappa shape index (κ2) is 6.85. The predicted molar refractivity (Wildman–Crippen MR) is 103 cm³/mol. The van der Waals surface area contributed by atoms with Crippen molar-refractivity contribution in [1.29, 1.82) is 0 Å². The third-order valence-electron chi connectivity index (χ3n) is 5.50. The van der Waals surface area contributed by atoms with Crippen LogP contribution in [-0.4, -0.2) is 23.0 Å². The molecule has 3 heteroatoms. The lowest BCUT2D eigenvalue weighted by Crippen LogP contribution is -2.33. The lowest BCUT2D eigenvalue weighted by Gasteiger charge is -2.33. The van der Waals surface area contributed by atoms with Crippen LogP contribution in [0.5, 0.6) is 0 Å². The minimum Gasteiger partial charge on any atom is -0.328 e. The molecule has 1 saturated heterocycles. The number of benzene rings is 2. The normalized spacial score (nSPS) is 16.4. The van der Waals surface area contributed by atoms with Crippen molar-refractivity contribution in [2.24, 2.45) is 0 Å². The fourth-order valence-electron chi connectivity index (χ4n) is 4.09. The Morgan fingerprint density at radius 3 is 2.44 bits per heavy atom. The highest BCUT2D eigenvalue weighted by molar-refractivity contribution is 5.84. The molecule has 2 heterocycles. The van der Waals surface area contributed by atoms with Crippen molar-refractivity contribution in [3.05, 3.63) is 81.8 Å². The Hall–Kier alpha value is -2.39. The summed E-state index contributed by atoms with van der Waals surface area (Å²) in [5, 5.41) is 1.86. The van der Waals surface area contributed by atoms with E-state index in [0.717, 1.165) is 30.4 Å². The Bertz CT molecular complexity index is 936. The van der Waals surface area contributed by atoms with E-state index in [4.69, 9.17) is 0 Å². The summed E-state index contributed by atoms with van der Waals surface area (Å²) < 4.78 is 0. The van der Waals surface area contributed by atoms with Crippen LogP contribution in [0.25, 0.3) is 10.8 Å². The maximum Gasteiger partial charge on any atom is 0.255 e. The molecular formula is C22H24N2O. The van der Waals surface area contributed by atoms with Crippen LogP contribution in [-0.2, 0) is 6.54 Å². The van der Waals surface area contributed by atoms with Crippen molar-refractivity contribution in [3.63, 3.8) is 0 Å². The standard InChI is InChI=1S/C22H24N2O/c1-16-6-2-3-7-19(16)17-10-12-24(13-11-17)15-18-14-23-22(25)21-9-5-4-8-20(18)21/h2-9,14,17H,10-13,15H2,1H3,(H,23,25). The number of piperidine rings is 1. The van der Waals surface area contributed by atoms with E-state index in [1.165, 1.54) is 29.5 Å². The third kappa shape index (κ3) is 3.24. The largest absolute Gasteiger partial charge is 0.328 e. The molecule has 128 valence electrons. The Balaban J connectivity index is 1.49. The zero-order chi connectivity index (χ0) is 17.2. The molecule has 1 aliphatic heterocycles.